The number of hydrogen-bond donors (Lipinski definition) is 2. The molecule has 0 bridgehead atoms. The first-order chi connectivity index (χ1) is 7.50. The van der Waals surface area contributed by atoms with Crippen LogP contribution in [-0.2, 0) is 0 Å². The summed E-state index contributed by atoms with van der Waals surface area (Å²) in [6.07, 6.45) is -1.59. The average molecular weight is 220 g/mol. The average Bonchev–Trinajstić information content (AvgIpc) is 2.19. The van der Waals surface area contributed by atoms with Gasteiger partial charge in [0.1, 0.15) is 0 Å². The van der Waals surface area contributed by atoms with Crippen molar-refractivity contribution in [3.05, 3.63) is 44.6 Å². The number of carboxylic acid groups (broad SMARTS) is 1. The molecule has 0 atom stereocenters. The molecule has 0 aliphatic rings. The maximum Gasteiger partial charge on any atom is 0.422 e. The van der Waals surface area contributed by atoms with Crippen LogP contribution in [0.3, 0.4) is 0 Å². The van der Waals surface area contributed by atoms with Crippen LogP contribution in [0, 0.1) is 6.92 Å². The number of H-pyrrole nitrogens is 1. The van der Waals surface area contributed by atoms with E-state index in [2.05, 4.69) is 4.98 Å². The molecule has 0 spiro atoms. The zero-order chi connectivity index (χ0) is 11.9. The van der Waals surface area contributed by atoms with Crippen molar-refractivity contribution in [1.29, 1.82) is 0 Å². The highest BCUT2D eigenvalue weighted by atomic mass is 16.4. The Morgan fingerprint density at radius 3 is 2.69 bits per heavy atom. The number of benzene rings is 1. The second kappa shape index (κ2) is 3.34. The molecule has 1 heterocycles. The highest BCUT2D eigenvalue weighted by Gasteiger charge is 2.12. The van der Waals surface area contributed by atoms with Crippen molar-refractivity contribution in [2.24, 2.45) is 0 Å². The van der Waals surface area contributed by atoms with Crippen molar-refractivity contribution in [2.45, 2.75) is 6.92 Å². The Morgan fingerprint density at radius 2 is 2.06 bits per heavy atom. The van der Waals surface area contributed by atoms with Crippen molar-refractivity contribution in [3.8, 4) is 0 Å². The number of carbonyl (C=O) groups is 1. The Balaban J connectivity index is 3.03. The molecule has 0 aliphatic carbocycles. The van der Waals surface area contributed by atoms with Gasteiger partial charge in [0.2, 0.25) is 0 Å². The van der Waals surface area contributed by atoms with Gasteiger partial charge in [0, 0.05) is 0 Å². The van der Waals surface area contributed by atoms with Crippen molar-refractivity contribution >= 4 is 17.0 Å². The molecule has 0 radical (unpaired) electrons. The van der Waals surface area contributed by atoms with Crippen molar-refractivity contribution in [3.63, 3.8) is 0 Å². The Hall–Kier alpha value is -2.37. The smallest absolute Gasteiger partial charge is 0.422 e. The van der Waals surface area contributed by atoms with Gasteiger partial charge < -0.3 is 10.1 Å². The molecule has 6 nitrogen and oxygen atoms in total. The molecule has 0 fully saturated rings. The fourth-order valence-corrected chi connectivity index (χ4v) is 1.50. The predicted molar refractivity (Wildman–Crippen MR) is 57.0 cm³/mol. The zero-order valence-corrected chi connectivity index (χ0v) is 8.35. The summed E-state index contributed by atoms with van der Waals surface area (Å²) in [4.78, 5) is 36.1. The maximum absolute atomic E-state index is 11.7. The van der Waals surface area contributed by atoms with Gasteiger partial charge in [-0.1, -0.05) is 11.6 Å². The maximum atomic E-state index is 11.7. The van der Waals surface area contributed by atoms with E-state index in [4.69, 9.17) is 5.11 Å². The molecule has 1 aromatic heterocycles. The molecule has 0 saturated heterocycles. The van der Waals surface area contributed by atoms with Gasteiger partial charge in [-0.3, -0.25) is 4.79 Å². The molecule has 2 rings (SSSR count). The van der Waals surface area contributed by atoms with E-state index in [1.165, 1.54) is 6.07 Å². The lowest BCUT2D eigenvalue weighted by molar-refractivity contribution is 0.194. The van der Waals surface area contributed by atoms with E-state index in [9.17, 15) is 14.4 Å². The molecule has 2 aromatic rings. The zero-order valence-electron chi connectivity index (χ0n) is 8.35. The summed E-state index contributed by atoms with van der Waals surface area (Å²) in [7, 11) is 0. The van der Waals surface area contributed by atoms with Crippen molar-refractivity contribution in [2.75, 3.05) is 0 Å². The van der Waals surface area contributed by atoms with Crippen LogP contribution in [0.5, 0.6) is 0 Å². The van der Waals surface area contributed by atoms with E-state index in [1.807, 2.05) is 0 Å². The number of aromatic nitrogens is 2. The fourth-order valence-electron chi connectivity index (χ4n) is 1.50. The number of nitrogens with one attached hydrogen (secondary N) is 1. The van der Waals surface area contributed by atoms with Gasteiger partial charge in [0.25, 0.3) is 5.56 Å². The van der Waals surface area contributed by atoms with Gasteiger partial charge in [-0.15, -0.1) is 0 Å². The third kappa shape index (κ3) is 1.40. The van der Waals surface area contributed by atoms with Crippen LogP contribution in [-0.4, -0.2) is 20.8 Å². The van der Waals surface area contributed by atoms with E-state index in [-0.39, 0.29) is 9.95 Å². The number of hydrogen-bond acceptors (Lipinski definition) is 3. The molecule has 6 heteroatoms. The first-order valence-corrected chi connectivity index (χ1v) is 4.49. The molecular weight excluding hydrogens is 212 g/mol. The highest BCUT2D eigenvalue weighted by molar-refractivity contribution is 5.80. The second-order valence-corrected chi connectivity index (χ2v) is 3.40. The standard InChI is InChI=1S/C10H8N2O4/c1-5-2-3-7-6(4-5)8(13)12(10(15)16)9(14)11-7/h2-4H,1H3,(H,11,14)(H,15,16). The minimum Gasteiger partial charge on any atom is -0.464 e. The van der Waals surface area contributed by atoms with Crippen molar-refractivity contribution in [1.82, 2.24) is 9.55 Å². The fraction of sp³-hybridized carbons (Fsp3) is 0.100. The molecule has 1 aromatic carbocycles. The monoisotopic (exact) mass is 220 g/mol. The molecule has 82 valence electrons. The topological polar surface area (TPSA) is 92.2 Å². The summed E-state index contributed by atoms with van der Waals surface area (Å²) in [6, 6.07) is 4.83. The number of nitrogens with zero attached hydrogens (tertiary/aromatic N) is 1. The molecular formula is C10H8N2O4. The molecule has 0 saturated carbocycles. The largest absolute Gasteiger partial charge is 0.464 e. The Kier molecular flexibility index (Phi) is 2.12. The van der Waals surface area contributed by atoms with E-state index >= 15 is 0 Å². The normalized spacial score (nSPS) is 10.6. The molecule has 0 amide bonds. The van der Waals surface area contributed by atoms with Crippen LogP contribution >= 0.6 is 0 Å². The van der Waals surface area contributed by atoms with Gasteiger partial charge >= 0.3 is 11.8 Å². The number of fused-ring (bicyclic) bond motifs is 1. The molecule has 16 heavy (non-hydrogen) atoms. The number of rotatable bonds is 0. The van der Waals surface area contributed by atoms with Crippen LogP contribution in [0.2, 0.25) is 0 Å². The van der Waals surface area contributed by atoms with E-state index in [0.29, 0.717) is 5.52 Å². The Morgan fingerprint density at radius 1 is 1.38 bits per heavy atom. The van der Waals surface area contributed by atoms with Crippen LogP contribution in [0.15, 0.2) is 27.8 Å². The predicted octanol–water partition coefficient (Wildman–Crippen LogP) is 0.524. The second-order valence-electron chi connectivity index (χ2n) is 3.40. The van der Waals surface area contributed by atoms with Gasteiger partial charge in [-0.05, 0) is 19.1 Å². The summed E-state index contributed by atoms with van der Waals surface area (Å²) < 4.78 is 0.155. The van der Waals surface area contributed by atoms with Crippen LogP contribution in [0.25, 0.3) is 10.9 Å². The van der Waals surface area contributed by atoms with Crippen molar-refractivity contribution < 1.29 is 9.90 Å². The summed E-state index contributed by atoms with van der Waals surface area (Å²) in [6.45, 7) is 1.77. The van der Waals surface area contributed by atoms with Gasteiger partial charge in [-0.2, -0.15) is 4.57 Å². The van der Waals surface area contributed by atoms with Crippen LogP contribution in [0.1, 0.15) is 5.56 Å². The SMILES string of the molecule is Cc1ccc2[nH]c(=O)n(C(=O)O)c(=O)c2c1. The molecule has 2 N–H and O–H groups in total. The lowest BCUT2D eigenvalue weighted by atomic mass is 10.2. The lowest BCUT2D eigenvalue weighted by Crippen LogP contribution is -2.39. The van der Waals surface area contributed by atoms with Gasteiger partial charge in [0.05, 0.1) is 10.9 Å². The molecule has 0 unspecified atom stereocenters. The van der Waals surface area contributed by atoms with Crippen LogP contribution < -0.4 is 11.2 Å². The third-order valence-corrected chi connectivity index (χ3v) is 2.24. The summed E-state index contributed by atoms with van der Waals surface area (Å²) in [5.41, 5.74) is -0.629. The Bertz CT molecular complexity index is 696. The van der Waals surface area contributed by atoms with Crippen LogP contribution in [0.4, 0.5) is 4.79 Å². The third-order valence-electron chi connectivity index (χ3n) is 2.24. The lowest BCUT2D eigenvalue weighted by Gasteiger charge is -2.01. The first kappa shape index (κ1) is 10.2. The van der Waals surface area contributed by atoms with Gasteiger partial charge in [0.15, 0.2) is 0 Å². The summed E-state index contributed by atoms with van der Waals surface area (Å²) in [5, 5.41) is 8.90. The minimum atomic E-state index is -1.59. The summed E-state index contributed by atoms with van der Waals surface area (Å²) in [5.74, 6) is 0. The number of aryl methyl sites for hydroxylation is 1. The van der Waals surface area contributed by atoms with E-state index in [0.717, 1.165) is 5.56 Å². The van der Waals surface area contributed by atoms with E-state index < -0.39 is 17.3 Å². The van der Waals surface area contributed by atoms with Gasteiger partial charge in [-0.25, -0.2) is 9.59 Å². The van der Waals surface area contributed by atoms with E-state index in [1.54, 1.807) is 19.1 Å². The highest BCUT2D eigenvalue weighted by Crippen LogP contribution is 2.07. The summed E-state index contributed by atoms with van der Waals surface area (Å²) >= 11 is 0. The first-order valence-electron chi connectivity index (χ1n) is 4.49. The molecule has 0 aliphatic heterocycles. The quantitative estimate of drug-likeness (QED) is 0.677. The Labute approximate surface area is 88.8 Å². The minimum absolute atomic E-state index is 0.155. The number of aromatic amines is 1.